The fourth-order valence-electron chi connectivity index (χ4n) is 1.65. The maximum absolute atomic E-state index is 11.8. The van der Waals surface area contributed by atoms with Gasteiger partial charge in [-0.1, -0.05) is 25.8 Å². The summed E-state index contributed by atoms with van der Waals surface area (Å²) in [4.78, 5) is 11.8. The summed E-state index contributed by atoms with van der Waals surface area (Å²) < 4.78 is 6.19. The largest absolute Gasteiger partial charge is 0.317 e. The van der Waals surface area contributed by atoms with Crippen LogP contribution in [0.15, 0.2) is 21.5 Å². The Morgan fingerprint density at radius 2 is 1.95 bits per heavy atom. The average molecular weight is 347 g/mol. The van der Waals surface area contributed by atoms with Gasteiger partial charge in [0.15, 0.2) is 0 Å². The highest BCUT2D eigenvalue weighted by molar-refractivity contribution is 9.10. The lowest BCUT2D eigenvalue weighted by molar-refractivity contribution is 0.481. The average Bonchev–Trinajstić information content (AvgIpc) is 2.23. The Kier molecular flexibility index (Phi) is 5.71. The second-order valence-corrected chi connectivity index (χ2v) is 8.60. The minimum absolute atomic E-state index is 0.0198. The number of aromatic nitrogens is 1. The molecule has 0 aliphatic carbocycles. The van der Waals surface area contributed by atoms with Gasteiger partial charge in [-0.05, 0) is 48.2 Å². The summed E-state index contributed by atoms with van der Waals surface area (Å²) in [7, 11) is 1.76. The third kappa shape index (κ3) is 4.97. The normalized spacial score (nSPS) is 13.9. The van der Waals surface area contributed by atoms with Gasteiger partial charge in [-0.25, -0.2) is 0 Å². The van der Waals surface area contributed by atoms with E-state index in [0.29, 0.717) is 5.92 Å². The minimum atomic E-state index is 0.0198. The van der Waals surface area contributed by atoms with E-state index in [1.54, 1.807) is 29.6 Å². The molecule has 0 aliphatic heterocycles. The van der Waals surface area contributed by atoms with E-state index in [0.717, 1.165) is 10.0 Å². The summed E-state index contributed by atoms with van der Waals surface area (Å²) in [6, 6.07) is 1.86. The molecular formula is C14H23BrN2OS. The summed E-state index contributed by atoms with van der Waals surface area (Å²) in [6.07, 6.45) is 1.83. The summed E-state index contributed by atoms with van der Waals surface area (Å²) >= 11 is 5.27. The van der Waals surface area contributed by atoms with Crippen LogP contribution in [0, 0.1) is 5.92 Å². The predicted octanol–water partition coefficient (Wildman–Crippen LogP) is 3.88. The molecule has 108 valence electrons. The number of aryl methyl sites for hydroxylation is 1. The molecule has 1 rings (SSSR count). The van der Waals surface area contributed by atoms with Gasteiger partial charge in [0, 0.05) is 34.6 Å². The van der Waals surface area contributed by atoms with Crippen molar-refractivity contribution in [1.82, 2.24) is 9.29 Å². The van der Waals surface area contributed by atoms with Gasteiger partial charge in [-0.2, -0.15) is 0 Å². The SMILES string of the molecule is CC(C)[C@H](NSC(C)(C)C)c1cc(=O)n(C)cc1Br. The smallest absolute Gasteiger partial charge is 0.250 e. The fraction of sp³-hybridized carbons (Fsp3) is 0.643. The van der Waals surface area contributed by atoms with Gasteiger partial charge in [0.1, 0.15) is 0 Å². The summed E-state index contributed by atoms with van der Waals surface area (Å²) in [5.41, 5.74) is 1.04. The Labute approximate surface area is 128 Å². The Bertz CT molecular complexity index is 491. The number of hydrogen-bond acceptors (Lipinski definition) is 3. The van der Waals surface area contributed by atoms with Gasteiger partial charge in [-0.15, -0.1) is 0 Å². The Balaban J connectivity index is 3.06. The van der Waals surface area contributed by atoms with E-state index >= 15 is 0 Å². The van der Waals surface area contributed by atoms with E-state index in [1.807, 2.05) is 6.20 Å². The third-order valence-corrected chi connectivity index (χ3v) is 4.35. The molecule has 0 saturated heterocycles. The van der Waals surface area contributed by atoms with Crippen LogP contribution in [0.1, 0.15) is 46.2 Å². The van der Waals surface area contributed by atoms with E-state index in [2.05, 4.69) is 55.3 Å². The molecule has 0 saturated carbocycles. The van der Waals surface area contributed by atoms with Crippen molar-refractivity contribution in [2.24, 2.45) is 13.0 Å². The van der Waals surface area contributed by atoms with Crippen molar-refractivity contribution < 1.29 is 0 Å². The lowest BCUT2D eigenvalue weighted by atomic mass is 9.98. The van der Waals surface area contributed by atoms with Crippen molar-refractivity contribution in [3.8, 4) is 0 Å². The summed E-state index contributed by atoms with van der Waals surface area (Å²) in [5.74, 6) is 0.401. The second kappa shape index (κ2) is 6.46. The molecule has 3 nitrogen and oxygen atoms in total. The number of nitrogens with one attached hydrogen (secondary N) is 1. The van der Waals surface area contributed by atoms with Crippen LogP contribution in [-0.2, 0) is 7.05 Å². The monoisotopic (exact) mass is 346 g/mol. The molecule has 5 heteroatoms. The number of pyridine rings is 1. The molecule has 0 aliphatic rings. The summed E-state index contributed by atoms with van der Waals surface area (Å²) in [6.45, 7) is 10.8. The Hall–Kier alpha value is -0.260. The molecule has 19 heavy (non-hydrogen) atoms. The Morgan fingerprint density at radius 3 is 2.42 bits per heavy atom. The third-order valence-electron chi connectivity index (χ3n) is 2.70. The number of rotatable bonds is 4. The van der Waals surface area contributed by atoms with Crippen LogP contribution in [0.25, 0.3) is 0 Å². The molecule has 1 atom stereocenters. The number of nitrogens with zero attached hydrogens (tertiary/aromatic N) is 1. The maximum atomic E-state index is 11.8. The van der Waals surface area contributed by atoms with Gasteiger partial charge in [0.25, 0.3) is 5.56 Å². The molecule has 1 aromatic heterocycles. The van der Waals surface area contributed by atoms with Crippen molar-refractivity contribution in [3.63, 3.8) is 0 Å². The van der Waals surface area contributed by atoms with Gasteiger partial charge in [0.2, 0.25) is 0 Å². The first kappa shape index (κ1) is 16.8. The molecule has 0 amide bonds. The quantitative estimate of drug-likeness (QED) is 0.840. The predicted molar refractivity (Wildman–Crippen MR) is 87.4 cm³/mol. The van der Waals surface area contributed by atoms with Gasteiger partial charge >= 0.3 is 0 Å². The topological polar surface area (TPSA) is 34.0 Å². The van der Waals surface area contributed by atoms with E-state index in [9.17, 15) is 4.79 Å². The van der Waals surface area contributed by atoms with Crippen molar-refractivity contribution in [3.05, 3.63) is 32.7 Å². The molecule has 0 aromatic carbocycles. The van der Waals surface area contributed by atoms with Crippen LogP contribution in [0.4, 0.5) is 0 Å². The zero-order chi connectivity index (χ0) is 14.8. The van der Waals surface area contributed by atoms with Gasteiger partial charge in [-0.3, -0.25) is 9.52 Å². The van der Waals surface area contributed by atoms with E-state index in [1.165, 1.54) is 0 Å². The Morgan fingerprint density at radius 1 is 1.37 bits per heavy atom. The van der Waals surface area contributed by atoms with Gasteiger partial charge in [0.05, 0.1) is 0 Å². The first-order valence-electron chi connectivity index (χ1n) is 6.41. The molecule has 1 N–H and O–H groups in total. The minimum Gasteiger partial charge on any atom is -0.317 e. The van der Waals surface area contributed by atoms with Crippen LogP contribution < -0.4 is 10.3 Å². The molecule has 0 spiro atoms. The first-order valence-corrected chi connectivity index (χ1v) is 8.02. The highest BCUT2D eigenvalue weighted by Crippen LogP contribution is 2.31. The molecule has 0 fully saturated rings. The van der Waals surface area contributed by atoms with Crippen molar-refractivity contribution in [1.29, 1.82) is 0 Å². The van der Waals surface area contributed by atoms with Crippen LogP contribution >= 0.6 is 27.9 Å². The van der Waals surface area contributed by atoms with E-state index in [-0.39, 0.29) is 16.3 Å². The van der Waals surface area contributed by atoms with Crippen molar-refractivity contribution in [2.45, 2.75) is 45.4 Å². The first-order chi connectivity index (χ1) is 8.61. The lowest BCUT2D eigenvalue weighted by Crippen LogP contribution is -2.27. The molecule has 1 aromatic rings. The lowest BCUT2D eigenvalue weighted by Gasteiger charge is -2.27. The van der Waals surface area contributed by atoms with Crippen molar-refractivity contribution in [2.75, 3.05) is 0 Å². The highest BCUT2D eigenvalue weighted by atomic mass is 79.9. The molecule has 1 heterocycles. The molecule has 0 bridgehead atoms. The fourth-order valence-corrected chi connectivity index (χ4v) is 3.20. The zero-order valence-electron chi connectivity index (χ0n) is 12.5. The molecule has 0 radical (unpaired) electrons. The number of hydrogen-bond donors (Lipinski definition) is 1. The zero-order valence-corrected chi connectivity index (χ0v) is 14.9. The maximum Gasteiger partial charge on any atom is 0.250 e. The second-order valence-electron chi connectivity index (χ2n) is 6.08. The van der Waals surface area contributed by atoms with Crippen LogP contribution in [0.2, 0.25) is 0 Å². The van der Waals surface area contributed by atoms with Crippen molar-refractivity contribution >= 4 is 27.9 Å². The molecular weight excluding hydrogens is 324 g/mol. The van der Waals surface area contributed by atoms with Crippen LogP contribution in [0.3, 0.4) is 0 Å². The van der Waals surface area contributed by atoms with E-state index in [4.69, 9.17) is 0 Å². The standard InChI is InChI=1S/C14H23BrN2OS/c1-9(2)13(16-19-14(3,4)5)10-7-12(18)17(6)8-11(10)15/h7-9,13,16H,1-6H3/t13-/m0/s1. The van der Waals surface area contributed by atoms with Crippen LogP contribution in [-0.4, -0.2) is 9.31 Å². The highest BCUT2D eigenvalue weighted by Gasteiger charge is 2.22. The van der Waals surface area contributed by atoms with E-state index < -0.39 is 0 Å². The number of halogens is 1. The van der Waals surface area contributed by atoms with Gasteiger partial charge < -0.3 is 4.57 Å². The molecule has 0 unspecified atom stereocenters. The van der Waals surface area contributed by atoms with Crippen LogP contribution in [0.5, 0.6) is 0 Å². The summed E-state index contributed by atoms with van der Waals surface area (Å²) in [5, 5.41) is 0.